The van der Waals surface area contributed by atoms with Gasteiger partial charge in [0.15, 0.2) is 11.5 Å². The van der Waals surface area contributed by atoms with Gasteiger partial charge in [0, 0.05) is 45.5 Å². The number of amides is 2. The number of H-pyrrole nitrogens is 1. The molecule has 0 bridgehead atoms. The molecule has 10 heteroatoms. The summed E-state index contributed by atoms with van der Waals surface area (Å²) in [7, 11) is -0.909. The number of unbranched alkanes of at least 4 members (excludes halogenated alkanes) is 9. The third kappa shape index (κ3) is 9.84. The zero-order chi connectivity index (χ0) is 30.0. The average Bonchev–Trinajstić information content (AvgIpc) is 3.43. The number of halogens is 1. The predicted molar refractivity (Wildman–Crippen MR) is 173 cm³/mol. The number of aryl methyl sites for hydroxylation is 2. The van der Waals surface area contributed by atoms with E-state index in [0.717, 1.165) is 35.2 Å². The molecule has 3 rings (SSSR count). The molecule has 0 radical (unpaired) electrons. The summed E-state index contributed by atoms with van der Waals surface area (Å²) in [4.78, 5) is 17.2. The van der Waals surface area contributed by atoms with Gasteiger partial charge in [-0.1, -0.05) is 97.1 Å². The number of anilines is 1. The Balaban J connectivity index is 1.41. The highest BCUT2D eigenvalue weighted by Gasteiger charge is 2.25. The van der Waals surface area contributed by atoms with Crippen molar-refractivity contribution < 1.29 is 9.00 Å². The Bertz CT molecular complexity index is 1290. The van der Waals surface area contributed by atoms with Crippen LogP contribution >= 0.6 is 11.6 Å². The molecule has 3 aromatic rings. The van der Waals surface area contributed by atoms with Crippen LogP contribution in [0.1, 0.15) is 109 Å². The Kier molecular flexibility index (Phi) is 12.7. The largest absolute Gasteiger partial charge is 0.337 e. The highest BCUT2D eigenvalue weighted by Crippen LogP contribution is 2.33. The second kappa shape index (κ2) is 15.7. The van der Waals surface area contributed by atoms with Crippen LogP contribution in [0.2, 0.25) is 5.02 Å². The van der Waals surface area contributed by atoms with Gasteiger partial charge in [-0.15, -0.1) is 5.10 Å². The number of nitrogens with one attached hydrogen (secondary N) is 3. The molecule has 0 aliphatic rings. The molecule has 2 heterocycles. The second-order valence-electron chi connectivity index (χ2n) is 12.1. The molecule has 8 nitrogen and oxygen atoms in total. The van der Waals surface area contributed by atoms with Crippen molar-refractivity contribution in [3.8, 4) is 11.4 Å². The number of aromatic amines is 1. The lowest BCUT2D eigenvalue weighted by Crippen LogP contribution is -2.32. The minimum atomic E-state index is -0.909. The van der Waals surface area contributed by atoms with Crippen molar-refractivity contribution in [1.29, 1.82) is 0 Å². The number of hydrogen-bond donors (Lipinski definition) is 3. The van der Waals surface area contributed by atoms with Crippen LogP contribution in [-0.4, -0.2) is 48.1 Å². The highest BCUT2D eigenvalue weighted by atomic mass is 35.5. The lowest BCUT2D eigenvalue weighted by Gasteiger charge is -2.16. The standard InChI is InChI=1S/C31H49ClN6O2S/c1-7-8-9-10-11-12-13-14-15-16-18-41(40)19-17-33-30(39)34-24-20-22(2)25(23(3)21-24)28-35-29-26(32)27(31(4,5)6)36-38(29)37-28/h20-21,36H,7-19H2,1-6H3,(H2,33,34,39). The molecule has 0 saturated heterocycles. The quantitative estimate of drug-likeness (QED) is 0.144. The summed E-state index contributed by atoms with van der Waals surface area (Å²) in [5, 5.41) is 14.2. The minimum absolute atomic E-state index is 0.152. The summed E-state index contributed by atoms with van der Waals surface area (Å²) in [5.74, 6) is 1.76. The Morgan fingerprint density at radius 2 is 1.56 bits per heavy atom. The summed E-state index contributed by atoms with van der Waals surface area (Å²) in [6, 6.07) is 3.51. The Morgan fingerprint density at radius 1 is 0.976 bits per heavy atom. The molecular weight excluding hydrogens is 556 g/mol. The SMILES string of the molecule is CCCCCCCCCCCCS(=O)CCNC(=O)Nc1cc(C)c(-c2nc3c(Cl)c(C(C)(C)C)[nH]n3n2)c(C)c1. The molecule has 0 spiro atoms. The van der Waals surface area contributed by atoms with Crippen LogP contribution in [0.3, 0.4) is 0 Å². The topological polar surface area (TPSA) is 104 Å². The van der Waals surface area contributed by atoms with Gasteiger partial charge >= 0.3 is 6.03 Å². The monoisotopic (exact) mass is 604 g/mol. The van der Waals surface area contributed by atoms with Crippen molar-refractivity contribution in [2.45, 2.75) is 111 Å². The van der Waals surface area contributed by atoms with Crippen molar-refractivity contribution in [2.24, 2.45) is 0 Å². The second-order valence-corrected chi connectivity index (χ2v) is 14.2. The van der Waals surface area contributed by atoms with Gasteiger partial charge in [-0.25, -0.2) is 9.78 Å². The van der Waals surface area contributed by atoms with Gasteiger partial charge in [0.1, 0.15) is 5.02 Å². The van der Waals surface area contributed by atoms with Crippen LogP contribution in [0, 0.1) is 13.8 Å². The number of rotatable bonds is 16. The van der Waals surface area contributed by atoms with Gasteiger partial charge in [0.25, 0.3) is 0 Å². The lowest BCUT2D eigenvalue weighted by molar-refractivity contribution is 0.252. The third-order valence-electron chi connectivity index (χ3n) is 7.35. The van der Waals surface area contributed by atoms with Crippen LogP contribution in [0.4, 0.5) is 10.5 Å². The molecular formula is C31H49ClN6O2S. The summed E-state index contributed by atoms with van der Waals surface area (Å²) in [5.41, 5.74) is 4.81. The molecule has 1 atom stereocenters. The summed E-state index contributed by atoms with van der Waals surface area (Å²) in [6.45, 7) is 12.8. The summed E-state index contributed by atoms with van der Waals surface area (Å²) in [6.07, 6.45) is 12.7. The molecule has 2 aromatic heterocycles. The first-order valence-corrected chi connectivity index (χ1v) is 17.0. The van der Waals surface area contributed by atoms with E-state index in [2.05, 4.69) is 48.5 Å². The van der Waals surface area contributed by atoms with Crippen LogP contribution in [0.25, 0.3) is 17.0 Å². The van der Waals surface area contributed by atoms with Crippen molar-refractivity contribution >= 4 is 39.8 Å². The first-order valence-electron chi connectivity index (χ1n) is 15.2. The number of benzene rings is 1. The Labute approximate surface area is 253 Å². The van der Waals surface area contributed by atoms with Gasteiger partial charge in [-0.2, -0.15) is 4.63 Å². The Morgan fingerprint density at radius 3 is 2.12 bits per heavy atom. The van der Waals surface area contributed by atoms with E-state index in [-0.39, 0.29) is 11.4 Å². The summed E-state index contributed by atoms with van der Waals surface area (Å²) < 4.78 is 14.0. The number of nitrogens with zero attached hydrogens (tertiary/aromatic N) is 3. The smallest absolute Gasteiger partial charge is 0.319 e. The maximum absolute atomic E-state index is 12.5. The minimum Gasteiger partial charge on any atom is -0.337 e. The van der Waals surface area contributed by atoms with Gasteiger partial charge < -0.3 is 10.6 Å². The van der Waals surface area contributed by atoms with E-state index in [1.807, 2.05) is 26.0 Å². The Hall–Kier alpha value is -2.39. The number of urea groups is 1. The van der Waals surface area contributed by atoms with Gasteiger partial charge in [0.05, 0.1) is 5.69 Å². The molecule has 0 fully saturated rings. The van der Waals surface area contributed by atoms with E-state index in [4.69, 9.17) is 16.6 Å². The molecule has 0 saturated carbocycles. The van der Waals surface area contributed by atoms with Crippen LogP contribution in [0.15, 0.2) is 12.1 Å². The number of hydrogen-bond acceptors (Lipinski definition) is 4. The number of aromatic nitrogens is 4. The lowest BCUT2D eigenvalue weighted by atomic mass is 9.92. The van der Waals surface area contributed by atoms with Crippen molar-refractivity contribution in [1.82, 2.24) is 25.1 Å². The van der Waals surface area contributed by atoms with Crippen LogP contribution in [0.5, 0.6) is 0 Å². The molecule has 0 aliphatic carbocycles. The summed E-state index contributed by atoms with van der Waals surface area (Å²) >= 11 is 6.60. The molecule has 2 amide bonds. The molecule has 1 aromatic carbocycles. The zero-order valence-corrected chi connectivity index (χ0v) is 27.4. The molecule has 1 unspecified atom stereocenters. The van der Waals surface area contributed by atoms with E-state index < -0.39 is 10.8 Å². The maximum atomic E-state index is 12.5. The van der Waals surface area contributed by atoms with Crippen LogP contribution in [-0.2, 0) is 16.2 Å². The van der Waals surface area contributed by atoms with Crippen molar-refractivity contribution in [3.05, 3.63) is 34.0 Å². The van der Waals surface area contributed by atoms with Gasteiger partial charge in [-0.3, -0.25) is 9.31 Å². The molecule has 0 aliphatic heterocycles. The first kappa shape index (κ1) is 33.1. The van der Waals surface area contributed by atoms with E-state index in [9.17, 15) is 9.00 Å². The molecule has 41 heavy (non-hydrogen) atoms. The van der Waals surface area contributed by atoms with E-state index in [0.29, 0.717) is 40.2 Å². The highest BCUT2D eigenvalue weighted by molar-refractivity contribution is 7.84. The van der Waals surface area contributed by atoms with Crippen LogP contribution < -0.4 is 10.6 Å². The molecule has 228 valence electrons. The third-order valence-corrected chi connectivity index (χ3v) is 9.11. The normalized spacial score (nSPS) is 12.7. The number of fused-ring (bicyclic) bond motifs is 1. The maximum Gasteiger partial charge on any atom is 0.319 e. The van der Waals surface area contributed by atoms with Crippen molar-refractivity contribution in [2.75, 3.05) is 23.4 Å². The number of carbonyl (C=O) groups is 1. The van der Waals surface area contributed by atoms with Gasteiger partial charge in [-0.05, 0) is 43.5 Å². The van der Waals surface area contributed by atoms with E-state index in [1.54, 1.807) is 4.63 Å². The van der Waals surface area contributed by atoms with E-state index in [1.165, 1.54) is 51.4 Å². The predicted octanol–water partition coefficient (Wildman–Crippen LogP) is 8.08. The van der Waals surface area contributed by atoms with E-state index >= 15 is 0 Å². The van der Waals surface area contributed by atoms with Crippen molar-refractivity contribution in [3.63, 3.8) is 0 Å². The fourth-order valence-corrected chi connectivity index (χ4v) is 6.60. The number of carbonyl (C=O) groups excluding carboxylic acids is 1. The fraction of sp³-hybridized carbons (Fsp3) is 0.645. The fourth-order valence-electron chi connectivity index (χ4n) is 5.10. The van der Waals surface area contributed by atoms with Gasteiger partial charge in [0.2, 0.25) is 0 Å². The zero-order valence-electron chi connectivity index (χ0n) is 25.8. The average molecular weight is 605 g/mol. The molecule has 3 N–H and O–H groups in total. The first-order chi connectivity index (χ1) is 19.5.